The molecule has 3 heteroatoms. The molecule has 0 amide bonds. The molecule has 2 aromatic rings. The van der Waals surface area contributed by atoms with Gasteiger partial charge in [-0.05, 0) is 36.6 Å². The summed E-state index contributed by atoms with van der Waals surface area (Å²) in [7, 11) is 0. The second-order valence-corrected chi connectivity index (χ2v) is 5.35. The molecule has 2 N–H and O–H groups in total. The quantitative estimate of drug-likeness (QED) is 0.833. The summed E-state index contributed by atoms with van der Waals surface area (Å²) < 4.78 is 0. The minimum absolute atomic E-state index is 0.276. The first-order valence-corrected chi connectivity index (χ1v) is 6.51. The number of rotatable bonds is 1. The van der Waals surface area contributed by atoms with Crippen LogP contribution in [0.15, 0.2) is 30.5 Å². The molecule has 2 atom stereocenters. The van der Waals surface area contributed by atoms with Crippen molar-refractivity contribution in [2.45, 2.75) is 19.9 Å². The van der Waals surface area contributed by atoms with E-state index in [1.807, 2.05) is 12.3 Å². The standard InChI is InChI=1S/C15H19N3/c1-10-5-6-14(12-4-3-7-17-15(10)12)18-8-11(2)13(16)9-18/h3-7,11,13H,8-9,16H2,1-2H3/t11-,13?/m1/s1. The van der Waals surface area contributed by atoms with Crippen LogP contribution in [-0.2, 0) is 0 Å². The maximum Gasteiger partial charge on any atom is 0.0751 e. The van der Waals surface area contributed by atoms with E-state index in [0.29, 0.717) is 5.92 Å². The van der Waals surface area contributed by atoms with Gasteiger partial charge in [0.2, 0.25) is 0 Å². The number of pyridine rings is 1. The summed E-state index contributed by atoms with van der Waals surface area (Å²) in [6.45, 7) is 6.30. The molecule has 1 unspecified atom stereocenters. The minimum Gasteiger partial charge on any atom is -0.369 e. The molecule has 0 aliphatic carbocycles. The van der Waals surface area contributed by atoms with Crippen LogP contribution >= 0.6 is 0 Å². The normalized spacial score (nSPS) is 23.8. The molecule has 94 valence electrons. The molecule has 18 heavy (non-hydrogen) atoms. The van der Waals surface area contributed by atoms with Gasteiger partial charge in [0.25, 0.3) is 0 Å². The van der Waals surface area contributed by atoms with Gasteiger partial charge in [-0.15, -0.1) is 0 Å². The molecular formula is C15H19N3. The highest BCUT2D eigenvalue weighted by Gasteiger charge is 2.27. The smallest absolute Gasteiger partial charge is 0.0751 e. The predicted molar refractivity (Wildman–Crippen MR) is 75.8 cm³/mol. The highest BCUT2D eigenvalue weighted by Crippen LogP contribution is 2.31. The largest absolute Gasteiger partial charge is 0.369 e. The lowest BCUT2D eigenvalue weighted by Gasteiger charge is -2.20. The van der Waals surface area contributed by atoms with Crippen molar-refractivity contribution < 1.29 is 0 Å². The third-order valence-corrected chi connectivity index (χ3v) is 3.96. The van der Waals surface area contributed by atoms with E-state index in [-0.39, 0.29) is 6.04 Å². The van der Waals surface area contributed by atoms with Gasteiger partial charge >= 0.3 is 0 Å². The third kappa shape index (κ3) is 1.75. The molecule has 3 rings (SSSR count). The molecule has 1 aliphatic rings. The average molecular weight is 241 g/mol. The van der Waals surface area contributed by atoms with E-state index >= 15 is 0 Å². The van der Waals surface area contributed by atoms with Crippen molar-refractivity contribution in [2.24, 2.45) is 11.7 Å². The minimum atomic E-state index is 0.276. The van der Waals surface area contributed by atoms with Gasteiger partial charge in [0.1, 0.15) is 0 Å². The molecule has 0 bridgehead atoms. The van der Waals surface area contributed by atoms with E-state index in [9.17, 15) is 0 Å². The van der Waals surface area contributed by atoms with Gasteiger partial charge in [-0.3, -0.25) is 4.98 Å². The number of aromatic nitrogens is 1. The molecule has 3 nitrogen and oxygen atoms in total. The van der Waals surface area contributed by atoms with Crippen LogP contribution in [0.1, 0.15) is 12.5 Å². The lowest BCUT2D eigenvalue weighted by Crippen LogP contribution is -2.28. The van der Waals surface area contributed by atoms with E-state index in [4.69, 9.17) is 5.73 Å². The number of benzene rings is 1. The fourth-order valence-corrected chi connectivity index (χ4v) is 2.76. The van der Waals surface area contributed by atoms with Crippen LogP contribution in [-0.4, -0.2) is 24.1 Å². The molecule has 1 aromatic carbocycles. The summed E-state index contributed by atoms with van der Waals surface area (Å²) >= 11 is 0. The molecule has 0 saturated carbocycles. The monoisotopic (exact) mass is 241 g/mol. The zero-order chi connectivity index (χ0) is 12.7. The number of fused-ring (bicyclic) bond motifs is 1. The van der Waals surface area contributed by atoms with Crippen LogP contribution in [0.4, 0.5) is 5.69 Å². The van der Waals surface area contributed by atoms with Crippen LogP contribution in [0.25, 0.3) is 10.9 Å². The Morgan fingerprint density at radius 3 is 2.83 bits per heavy atom. The average Bonchev–Trinajstić information content (AvgIpc) is 2.70. The van der Waals surface area contributed by atoms with Crippen LogP contribution in [0.5, 0.6) is 0 Å². The topological polar surface area (TPSA) is 42.1 Å². The van der Waals surface area contributed by atoms with Crippen LogP contribution in [0, 0.1) is 12.8 Å². The van der Waals surface area contributed by atoms with E-state index in [0.717, 1.165) is 18.6 Å². The highest BCUT2D eigenvalue weighted by atomic mass is 15.2. The van der Waals surface area contributed by atoms with E-state index in [2.05, 4.69) is 41.9 Å². The summed E-state index contributed by atoms with van der Waals surface area (Å²) in [6, 6.07) is 8.78. The number of aryl methyl sites for hydroxylation is 1. The van der Waals surface area contributed by atoms with Crippen molar-refractivity contribution in [1.82, 2.24) is 4.98 Å². The molecular weight excluding hydrogens is 222 g/mol. The maximum atomic E-state index is 6.12. The molecule has 2 heterocycles. The summed E-state index contributed by atoms with van der Waals surface area (Å²) in [5.74, 6) is 0.554. The molecule has 0 radical (unpaired) electrons. The Morgan fingerprint density at radius 2 is 2.11 bits per heavy atom. The summed E-state index contributed by atoms with van der Waals surface area (Å²) in [4.78, 5) is 6.88. The van der Waals surface area contributed by atoms with Gasteiger partial charge in [0.15, 0.2) is 0 Å². The number of anilines is 1. The van der Waals surface area contributed by atoms with Gasteiger partial charge in [0, 0.05) is 36.4 Å². The highest BCUT2D eigenvalue weighted by molar-refractivity contribution is 5.93. The van der Waals surface area contributed by atoms with Crippen molar-refractivity contribution in [2.75, 3.05) is 18.0 Å². The Labute approximate surface area is 108 Å². The summed E-state index contributed by atoms with van der Waals surface area (Å²) in [6.07, 6.45) is 1.86. The number of hydrogen-bond donors (Lipinski definition) is 1. The van der Waals surface area contributed by atoms with Gasteiger partial charge in [-0.2, -0.15) is 0 Å². The van der Waals surface area contributed by atoms with E-state index < -0.39 is 0 Å². The Hall–Kier alpha value is -1.61. The summed E-state index contributed by atoms with van der Waals surface area (Å²) in [5.41, 5.74) is 9.72. The van der Waals surface area contributed by atoms with Crippen molar-refractivity contribution in [3.05, 3.63) is 36.0 Å². The van der Waals surface area contributed by atoms with E-state index in [1.165, 1.54) is 16.6 Å². The Balaban J connectivity index is 2.10. The SMILES string of the molecule is Cc1ccc(N2CC(N)[C@H](C)C2)c2cccnc12. The lowest BCUT2D eigenvalue weighted by molar-refractivity contribution is 0.566. The first-order chi connectivity index (χ1) is 8.66. The van der Waals surface area contributed by atoms with Gasteiger partial charge < -0.3 is 10.6 Å². The lowest BCUT2D eigenvalue weighted by atomic mass is 10.1. The second kappa shape index (κ2) is 4.25. The van der Waals surface area contributed by atoms with Crippen LogP contribution < -0.4 is 10.6 Å². The zero-order valence-electron chi connectivity index (χ0n) is 10.9. The number of hydrogen-bond acceptors (Lipinski definition) is 3. The number of nitrogens with two attached hydrogens (primary N) is 1. The van der Waals surface area contributed by atoms with Crippen LogP contribution in [0.3, 0.4) is 0 Å². The summed E-state index contributed by atoms with van der Waals surface area (Å²) in [5, 5.41) is 1.24. The Morgan fingerprint density at radius 1 is 1.28 bits per heavy atom. The van der Waals surface area contributed by atoms with Crippen molar-refractivity contribution in [1.29, 1.82) is 0 Å². The molecule has 1 aliphatic heterocycles. The third-order valence-electron chi connectivity index (χ3n) is 3.96. The first-order valence-electron chi connectivity index (χ1n) is 6.51. The molecule has 1 aromatic heterocycles. The maximum absolute atomic E-state index is 6.12. The van der Waals surface area contributed by atoms with Crippen molar-refractivity contribution in [3.63, 3.8) is 0 Å². The second-order valence-electron chi connectivity index (χ2n) is 5.35. The molecule has 0 spiro atoms. The van der Waals surface area contributed by atoms with Gasteiger partial charge in [0.05, 0.1) is 5.52 Å². The fraction of sp³-hybridized carbons (Fsp3) is 0.400. The predicted octanol–water partition coefficient (Wildman–Crippen LogP) is 2.33. The van der Waals surface area contributed by atoms with E-state index in [1.54, 1.807) is 0 Å². The van der Waals surface area contributed by atoms with Crippen molar-refractivity contribution in [3.8, 4) is 0 Å². The van der Waals surface area contributed by atoms with Crippen molar-refractivity contribution >= 4 is 16.6 Å². The zero-order valence-corrected chi connectivity index (χ0v) is 10.9. The Bertz CT molecular complexity index is 569. The first kappa shape index (κ1) is 11.5. The number of nitrogens with zero attached hydrogens (tertiary/aromatic N) is 2. The Kier molecular flexibility index (Phi) is 2.71. The molecule has 1 saturated heterocycles. The van der Waals surface area contributed by atoms with Gasteiger partial charge in [-0.25, -0.2) is 0 Å². The molecule has 1 fully saturated rings. The fourth-order valence-electron chi connectivity index (χ4n) is 2.76. The van der Waals surface area contributed by atoms with Crippen LogP contribution in [0.2, 0.25) is 0 Å². The van der Waals surface area contributed by atoms with Gasteiger partial charge in [-0.1, -0.05) is 13.0 Å².